The van der Waals surface area contributed by atoms with E-state index < -0.39 is 0 Å². The molecule has 1 aliphatic carbocycles. The first-order valence-electron chi connectivity index (χ1n) is 9.13. The van der Waals surface area contributed by atoms with Gasteiger partial charge in [0.1, 0.15) is 0 Å². The van der Waals surface area contributed by atoms with Crippen LogP contribution in [0.3, 0.4) is 0 Å². The van der Waals surface area contributed by atoms with Gasteiger partial charge in [-0.2, -0.15) is 0 Å². The van der Waals surface area contributed by atoms with Crippen LogP contribution in [0.2, 0.25) is 0 Å². The van der Waals surface area contributed by atoms with Gasteiger partial charge in [0.2, 0.25) is 10.5 Å². The van der Waals surface area contributed by atoms with Gasteiger partial charge in [0, 0.05) is 19.1 Å². The maximum Gasteiger partial charge on any atom is 0.263 e. The predicted molar refractivity (Wildman–Crippen MR) is 104 cm³/mol. The molecule has 1 aliphatic heterocycles. The second kappa shape index (κ2) is 5.89. The summed E-state index contributed by atoms with van der Waals surface area (Å²) in [5, 5.41) is 5.39. The van der Waals surface area contributed by atoms with Gasteiger partial charge in [-0.15, -0.1) is 11.7 Å². The van der Waals surface area contributed by atoms with Gasteiger partial charge in [0.25, 0.3) is 5.56 Å². The largest absolute Gasteiger partial charge is 0.281 e. The highest BCUT2D eigenvalue weighted by Gasteiger charge is 2.37. The lowest BCUT2D eigenvalue weighted by atomic mass is 10.1. The number of hydrogen-bond donors (Lipinski definition) is 0. The lowest BCUT2D eigenvalue weighted by Crippen LogP contribution is -2.34. The Morgan fingerprint density at radius 2 is 2.15 bits per heavy atom. The quantitative estimate of drug-likeness (QED) is 0.526. The molecule has 1 saturated carbocycles. The number of fused-ring (bicyclic) bond motifs is 5. The van der Waals surface area contributed by atoms with Gasteiger partial charge in [0.05, 0.1) is 17.6 Å². The molecule has 0 amide bonds. The van der Waals surface area contributed by atoms with Crippen LogP contribution in [-0.2, 0) is 13.2 Å². The third-order valence-corrected chi connectivity index (χ3v) is 6.23. The molecule has 6 nitrogen and oxygen atoms in total. The van der Waals surface area contributed by atoms with E-state index in [1.54, 1.807) is 10.6 Å². The van der Waals surface area contributed by atoms with Gasteiger partial charge < -0.3 is 0 Å². The Bertz CT molecular complexity index is 1140. The van der Waals surface area contributed by atoms with Crippen LogP contribution in [0.15, 0.2) is 41.7 Å². The van der Waals surface area contributed by atoms with Crippen molar-refractivity contribution in [2.24, 2.45) is 5.92 Å². The van der Waals surface area contributed by atoms with E-state index in [4.69, 9.17) is 17.3 Å². The molecule has 1 saturated heterocycles. The maximum atomic E-state index is 12.9. The van der Waals surface area contributed by atoms with E-state index in [9.17, 15) is 4.79 Å². The van der Waals surface area contributed by atoms with Gasteiger partial charge in [-0.3, -0.25) is 18.7 Å². The second-order valence-corrected chi connectivity index (χ2v) is 7.75. The van der Waals surface area contributed by atoms with Crippen molar-refractivity contribution < 1.29 is 0 Å². The number of nitrogens with zero attached hydrogens (tertiary/aromatic N) is 5. The number of para-hydroxylation sites is 1. The monoisotopic (exact) mass is 367 g/mol. The summed E-state index contributed by atoms with van der Waals surface area (Å²) in [6, 6.07) is 8.23. The molecule has 5 rings (SSSR count). The van der Waals surface area contributed by atoms with E-state index in [0.29, 0.717) is 35.2 Å². The lowest BCUT2D eigenvalue weighted by molar-refractivity contribution is 0.158. The predicted octanol–water partition coefficient (Wildman–Crippen LogP) is 2.81. The zero-order valence-corrected chi connectivity index (χ0v) is 15.4. The molecule has 1 aromatic carbocycles. The zero-order valence-electron chi connectivity index (χ0n) is 14.5. The van der Waals surface area contributed by atoms with E-state index in [1.807, 2.05) is 33.3 Å². The molecule has 2 aromatic heterocycles. The van der Waals surface area contributed by atoms with Crippen LogP contribution >= 0.6 is 12.2 Å². The molecule has 134 valence electrons. The van der Waals surface area contributed by atoms with Gasteiger partial charge in [-0.25, -0.2) is 4.68 Å². The van der Waals surface area contributed by atoms with Crippen LogP contribution in [0.4, 0.5) is 0 Å². The summed E-state index contributed by atoms with van der Waals surface area (Å²) in [6.07, 6.45) is 5.64. The number of rotatable bonds is 4. The van der Waals surface area contributed by atoms with Crippen LogP contribution in [0.1, 0.15) is 19.3 Å². The minimum Gasteiger partial charge on any atom is -0.281 e. The maximum absolute atomic E-state index is 12.9. The number of benzene rings is 1. The first-order chi connectivity index (χ1) is 12.7. The SMILES string of the molecule is C=CCn1c(=O)c2ccccc2n2c(=S)n(CN3CC4CCC3C4)nc12. The number of piperidine rings is 1. The molecule has 0 radical (unpaired) electrons. The van der Waals surface area contributed by atoms with Crippen molar-refractivity contribution in [2.75, 3.05) is 6.54 Å². The highest BCUT2D eigenvalue weighted by Crippen LogP contribution is 2.37. The summed E-state index contributed by atoms with van der Waals surface area (Å²) in [5.74, 6) is 1.41. The van der Waals surface area contributed by atoms with Crippen LogP contribution in [0.5, 0.6) is 0 Å². The smallest absolute Gasteiger partial charge is 0.263 e. The summed E-state index contributed by atoms with van der Waals surface area (Å²) in [7, 11) is 0. The number of aromatic nitrogens is 4. The number of allylic oxidation sites excluding steroid dienone is 1. The molecule has 2 fully saturated rings. The lowest BCUT2D eigenvalue weighted by Gasteiger charge is -2.26. The van der Waals surface area contributed by atoms with Crippen molar-refractivity contribution in [3.05, 3.63) is 52.0 Å². The minimum atomic E-state index is -0.0552. The fourth-order valence-corrected chi connectivity index (χ4v) is 4.90. The first-order valence-corrected chi connectivity index (χ1v) is 9.54. The van der Waals surface area contributed by atoms with Crippen LogP contribution in [0, 0.1) is 10.7 Å². The Labute approximate surface area is 156 Å². The van der Waals surface area contributed by atoms with Gasteiger partial charge in [-0.1, -0.05) is 18.2 Å². The van der Waals surface area contributed by atoms with E-state index in [-0.39, 0.29) is 5.56 Å². The van der Waals surface area contributed by atoms with Gasteiger partial charge >= 0.3 is 0 Å². The van der Waals surface area contributed by atoms with Crippen molar-refractivity contribution in [1.29, 1.82) is 0 Å². The van der Waals surface area contributed by atoms with E-state index in [0.717, 1.165) is 18.0 Å². The van der Waals surface area contributed by atoms with Crippen molar-refractivity contribution in [2.45, 2.75) is 38.5 Å². The molecule has 3 aromatic rings. The molecule has 2 aliphatic rings. The standard InChI is InChI=1S/C19H21N5OS/c1-2-9-22-17(25)15-5-3-4-6-16(15)24-18(22)20-23(19(24)26)12-21-11-13-7-8-14(21)10-13/h2-6,13-14H,1,7-12H2. The molecule has 2 atom stereocenters. The topological polar surface area (TPSA) is 47.5 Å². The summed E-state index contributed by atoms with van der Waals surface area (Å²) < 4.78 is 6.08. The highest BCUT2D eigenvalue weighted by molar-refractivity contribution is 7.71. The van der Waals surface area contributed by atoms with Crippen LogP contribution in [0.25, 0.3) is 16.7 Å². The highest BCUT2D eigenvalue weighted by atomic mass is 32.1. The van der Waals surface area contributed by atoms with E-state index >= 15 is 0 Å². The molecule has 2 bridgehead atoms. The van der Waals surface area contributed by atoms with Crippen LogP contribution < -0.4 is 5.56 Å². The average Bonchev–Trinajstić information content (AvgIpc) is 3.34. The second-order valence-electron chi connectivity index (χ2n) is 7.38. The first kappa shape index (κ1) is 16.0. The normalized spacial score (nSPS) is 22.6. The Kier molecular flexibility index (Phi) is 3.62. The Balaban J connectivity index is 1.72. The van der Waals surface area contributed by atoms with Crippen molar-refractivity contribution in [3.8, 4) is 0 Å². The molecule has 3 heterocycles. The van der Waals surface area contributed by atoms with Gasteiger partial charge in [-0.05, 0) is 49.5 Å². The molecule has 7 heteroatoms. The summed E-state index contributed by atoms with van der Waals surface area (Å²) in [6.45, 7) is 6.01. The Hall–Kier alpha value is -2.25. The fraction of sp³-hybridized carbons (Fsp3) is 0.421. The number of hydrogen-bond acceptors (Lipinski definition) is 4. The Morgan fingerprint density at radius 1 is 1.31 bits per heavy atom. The van der Waals surface area contributed by atoms with Crippen molar-refractivity contribution >= 4 is 28.9 Å². The average molecular weight is 367 g/mol. The van der Waals surface area contributed by atoms with Crippen molar-refractivity contribution in [1.82, 2.24) is 23.6 Å². The summed E-state index contributed by atoms with van der Waals surface area (Å²) in [4.78, 5) is 15.4. The third kappa shape index (κ3) is 2.23. The van der Waals surface area contributed by atoms with Gasteiger partial charge in [0.15, 0.2) is 0 Å². The molecule has 0 spiro atoms. The third-order valence-electron chi connectivity index (χ3n) is 5.83. The van der Waals surface area contributed by atoms with Crippen LogP contribution in [-0.4, -0.2) is 36.2 Å². The van der Waals surface area contributed by atoms with E-state index in [2.05, 4.69) is 11.5 Å². The molecular weight excluding hydrogens is 346 g/mol. The molecule has 2 unspecified atom stereocenters. The van der Waals surface area contributed by atoms with E-state index in [1.165, 1.54) is 19.3 Å². The fourth-order valence-electron chi connectivity index (χ4n) is 4.63. The zero-order chi connectivity index (χ0) is 17.8. The Morgan fingerprint density at radius 3 is 2.88 bits per heavy atom. The summed E-state index contributed by atoms with van der Waals surface area (Å²) in [5.41, 5.74) is 0.757. The molecule has 26 heavy (non-hydrogen) atoms. The minimum absolute atomic E-state index is 0.0552. The molecule has 0 N–H and O–H groups in total. The number of likely N-dealkylation sites (tertiary alicyclic amines) is 1. The molecular formula is C19H21N5OS. The summed E-state index contributed by atoms with van der Waals surface area (Å²) >= 11 is 5.76. The van der Waals surface area contributed by atoms with Crippen molar-refractivity contribution in [3.63, 3.8) is 0 Å².